The molecule has 0 atom stereocenters. The number of rotatable bonds is 6. The summed E-state index contributed by atoms with van der Waals surface area (Å²) in [5, 5.41) is 4.21. The zero-order valence-corrected chi connectivity index (χ0v) is 13.6. The molecule has 3 heteroatoms. The third-order valence-corrected chi connectivity index (χ3v) is 3.79. The number of hydrogen-bond acceptors (Lipinski definition) is 2. The molecule has 0 bridgehead atoms. The summed E-state index contributed by atoms with van der Waals surface area (Å²) in [6.45, 7) is 7.77. The van der Waals surface area contributed by atoms with Crippen LogP contribution >= 0.6 is 11.6 Å². The zero-order valence-electron chi connectivity index (χ0n) is 12.9. The number of nitrogens with one attached hydrogen (secondary N) is 1. The predicted octanol–water partition coefficient (Wildman–Crippen LogP) is 5.36. The van der Waals surface area contributed by atoms with Gasteiger partial charge < -0.3 is 10.1 Å². The maximum absolute atomic E-state index is 6.11. The minimum atomic E-state index is 0.698. The van der Waals surface area contributed by atoms with Crippen molar-refractivity contribution in [3.63, 3.8) is 0 Å². The van der Waals surface area contributed by atoms with Crippen molar-refractivity contribution in [2.75, 3.05) is 11.9 Å². The Bertz CT molecular complexity index is 610. The Balaban J connectivity index is 2.15. The first-order valence-electron chi connectivity index (χ1n) is 7.33. The van der Waals surface area contributed by atoms with E-state index in [1.807, 2.05) is 18.2 Å². The summed E-state index contributed by atoms with van der Waals surface area (Å²) in [5.74, 6) is 0.902. The second kappa shape index (κ2) is 7.37. The van der Waals surface area contributed by atoms with Crippen LogP contribution in [0, 0.1) is 13.8 Å². The lowest BCUT2D eigenvalue weighted by Gasteiger charge is -2.15. The van der Waals surface area contributed by atoms with Crippen LogP contribution in [-0.4, -0.2) is 6.61 Å². The smallest absolute Gasteiger partial charge is 0.124 e. The largest absolute Gasteiger partial charge is 0.493 e. The van der Waals surface area contributed by atoms with Crippen molar-refractivity contribution in [2.45, 2.75) is 33.7 Å². The fraction of sp³-hybridized carbons (Fsp3) is 0.333. The molecule has 0 saturated heterocycles. The molecule has 0 saturated carbocycles. The van der Waals surface area contributed by atoms with E-state index in [9.17, 15) is 0 Å². The molecular formula is C18H22ClNO. The highest BCUT2D eigenvalue weighted by Gasteiger charge is 2.06. The van der Waals surface area contributed by atoms with Crippen molar-refractivity contribution < 1.29 is 4.74 Å². The van der Waals surface area contributed by atoms with Crippen LogP contribution in [0.15, 0.2) is 36.4 Å². The lowest BCUT2D eigenvalue weighted by molar-refractivity contribution is 0.314. The van der Waals surface area contributed by atoms with Gasteiger partial charge in [-0.05, 0) is 55.7 Å². The topological polar surface area (TPSA) is 21.3 Å². The fourth-order valence-electron chi connectivity index (χ4n) is 2.17. The summed E-state index contributed by atoms with van der Waals surface area (Å²) < 4.78 is 5.79. The summed E-state index contributed by atoms with van der Waals surface area (Å²) in [5.41, 5.74) is 4.79. The van der Waals surface area contributed by atoms with Gasteiger partial charge in [0.1, 0.15) is 5.75 Å². The van der Waals surface area contributed by atoms with E-state index in [2.05, 4.69) is 44.3 Å². The van der Waals surface area contributed by atoms with Crippen LogP contribution in [0.4, 0.5) is 5.69 Å². The van der Waals surface area contributed by atoms with Gasteiger partial charge in [0.15, 0.2) is 0 Å². The molecular weight excluding hydrogens is 282 g/mol. The normalized spacial score (nSPS) is 10.5. The monoisotopic (exact) mass is 303 g/mol. The molecule has 0 aromatic heterocycles. The first-order chi connectivity index (χ1) is 10.1. The molecule has 0 spiro atoms. The number of benzene rings is 2. The van der Waals surface area contributed by atoms with E-state index < -0.39 is 0 Å². The molecule has 2 aromatic carbocycles. The van der Waals surface area contributed by atoms with Gasteiger partial charge in [-0.1, -0.05) is 30.7 Å². The molecule has 0 heterocycles. The Morgan fingerprint density at radius 1 is 1.14 bits per heavy atom. The number of anilines is 1. The van der Waals surface area contributed by atoms with Crippen molar-refractivity contribution in [3.8, 4) is 5.75 Å². The zero-order chi connectivity index (χ0) is 15.2. The molecule has 21 heavy (non-hydrogen) atoms. The highest BCUT2D eigenvalue weighted by molar-refractivity contribution is 6.30. The molecule has 0 aliphatic rings. The summed E-state index contributed by atoms with van der Waals surface area (Å²) in [6.07, 6.45) is 0.993. The van der Waals surface area contributed by atoms with Crippen LogP contribution in [-0.2, 0) is 6.54 Å². The predicted molar refractivity (Wildman–Crippen MR) is 90.5 cm³/mol. The van der Waals surface area contributed by atoms with Crippen molar-refractivity contribution >= 4 is 17.3 Å². The van der Waals surface area contributed by atoms with E-state index >= 15 is 0 Å². The van der Waals surface area contributed by atoms with Gasteiger partial charge >= 0.3 is 0 Å². The van der Waals surface area contributed by atoms with Gasteiger partial charge in [0.2, 0.25) is 0 Å². The van der Waals surface area contributed by atoms with Gasteiger partial charge in [-0.2, -0.15) is 0 Å². The van der Waals surface area contributed by atoms with E-state index in [1.165, 1.54) is 11.1 Å². The molecule has 112 valence electrons. The average Bonchev–Trinajstić information content (AvgIpc) is 2.48. The molecule has 0 radical (unpaired) electrons. The van der Waals surface area contributed by atoms with E-state index in [1.54, 1.807) is 0 Å². The summed E-state index contributed by atoms with van der Waals surface area (Å²) in [7, 11) is 0. The van der Waals surface area contributed by atoms with Crippen LogP contribution < -0.4 is 10.1 Å². The Kier molecular flexibility index (Phi) is 5.51. The van der Waals surface area contributed by atoms with Crippen LogP contribution in [0.5, 0.6) is 5.75 Å². The third kappa shape index (κ3) is 4.15. The molecule has 0 fully saturated rings. The van der Waals surface area contributed by atoms with Gasteiger partial charge in [-0.25, -0.2) is 0 Å². The molecule has 0 aliphatic carbocycles. The van der Waals surface area contributed by atoms with E-state index in [0.29, 0.717) is 6.54 Å². The summed E-state index contributed by atoms with van der Waals surface area (Å²) >= 11 is 6.11. The minimum Gasteiger partial charge on any atom is -0.493 e. The van der Waals surface area contributed by atoms with Crippen molar-refractivity contribution in [2.24, 2.45) is 0 Å². The molecule has 2 rings (SSSR count). The van der Waals surface area contributed by atoms with Gasteiger partial charge in [-0.3, -0.25) is 0 Å². The van der Waals surface area contributed by atoms with Crippen molar-refractivity contribution in [1.29, 1.82) is 0 Å². The second-order valence-corrected chi connectivity index (χ2v) is 5.64. The van der Waals surface area contributed by atoms with Gasteiger partial charge in [-0.15, -0.1) is 0 Å². The third-order valence-electron chi connectivity index (χ3n) is 3.56. The van der Waals surface area contributed by atoms with Crippen LogP contribution in [0.2, 0.25) is 5.02 Å². The van der Waals surface area contributed by atoms with Crippen LogP contribution in [0.25, 0.3) is 0 Å². The SMILES string of the molecule is CCCOc1ccc(Cl)cc1CNc1cccc(C)c1C. The highest BCUT2D eigenvalue weighted by Crippen LogP contribution is 2.25. The Labute approximate surface area is 132 Å². The van der Waals surface area contributed by atoms with Crippen molar-refractivity contribution in [1.82, 2.24) is 0 Å². The summed E-state index contributed by atoms with van der Waals surface area (Å²) in [6, 6.07) is 12.1. The number of hydrogen-bond donors (Lipinski definition) is 1. The van der Waals surface area contributed by atoms with Crippen LogP contribution in [0.1, 0.15) is 30.0 Å². The number of ether oxygens (including phenoxy) is 1. The lowest BCUT2D eigenvalue weighted by Crippen LogP contribution is -2.05. The molecule has 1 N–H and O–H groups in total. The lowest BCUT2D eigenvalue weighted by atomic mass is 10.1. The quantitative estimate of drug-likeness (QED) is 0.776. The Morgan fingerprint density at radius 3 is 2.71 bits per heavy atom. The number of halogens is 1. The molecule has 0 aliphatic heterocycles. The van der Waals surface area contributed by atoms with Crippen molar-refractivity contribution in [3.05, 3.63) is 58.1 Å². The standard InChI is InChI=1S/C18H22ClNO/c1-4-10-21-18-9-8-16(19)11-15(18)12-20-17-7-5-6-13(2)14(17)3/h5-9,11,20H,4,10,12H2,1-3H3. The molecule has 0 unspecified atom stereocenters. The molecule has 2 aromatic rings. The average molecular weight is 304 g/mol. The number of aryl methyl sites for hydroxylation is 1. The van der Waals surface area contributed by atoms with Crippen LogP contribution in [0.3, 0.4) is 0 Å². The van der Waals surface area contributed by atoms with E-state index in [0.717, 1.165) is 35.1 Å². The molecule has 0 amide bonds. The first-order valence-corrected chi connectivity index (χ1v) is 7.71. The van der Waals surface area contributed by atoms with Gasteiger partial charge in [0, 0.05) is 22.8 Å². The second-order valence-electron chi connectivity index (χ2n) is 5.20. The molecule has 2 nitrogen and oxygen atoms in total. The Morgan fingerprint density at radius 2 is 1.95 bits per heavy atom. The van der Waals surface area contributed by atoms with Gasteiger partial charge in [0.25, 0.3) is 0 Å². The Hall–Kier alpha value is -1.67. The maximum Gasteiger partial charge on any atom is 0.124 e. The van der Waals surface area contributed by atoms with Gasteiger partial charge in [0.05, 0.1) is 6.61 Å². The highest BCUT2D eigenvalue weighted by atomic mass is 35.5. The van der Waals surface area contributed by atoms with E-state index in [-0.39, 0.29) is 0 Å². The minimum absolute atomic E-state index is 0.698. The first kappa shape index (κ1) is 15.7. The fourth-order valence-corrected chi connectivity index (χ4v) is 2.37. The summed E-state index contributed by atoms with van der Waals surface area (Å²) in [4.78, 5) is 0. The van der Waals surface area contributed by atoms with E-state index in [4.69, 9.17) is 16.3 Å². The maximum atomic E-state index is 6.11.